The first-order chi connectivity index (χ1) is 20.7. The molecule has 0 aromatic heterocycles. The van der Waals surface area contributed by atoms with Gasteiger partial charge in [0.15, 0.2) is 0 Å². The highest BCUT2D eigenvalue weighted by Gasteiger charge is 2.60. The molecule has 10 nitrogen and oxygen atoms in total. The standard InChI is InChI=1S/C31H47F3N4O6/c1-19(42-17-29-8-4-20(5-9-29)43-18-29)24(27(41)37-10-6-21(7-11-37)44-31(32,33)34)36-25(39)23-13-35-14-30(23)15-38(16-30)26(40)22-12-28(22,2)3/h19-24,35H,4-18H2,1-3H3,(H,36,39)/t19-,20?,22-,23+,24+,29?/m1/s1. The van der Waals surface area contributed by atoms with Crippen molar-refractivity contribution in [2.24, 2.45) is 28.1 Å². The lowest BCUT2D eigenvalue weighted by molar-refractivity contribution is -0.345. The Labute approximate surface area is 257 Å². The minimum Gasteiger partial charge on any atom is -0.378 e. The summed E-state index contributed by atoms with van der Waals surface area (Å²) in [4.78, 5) is 44.1. The van der Waals surface area contributed by atoms with E-state index in [1.165, 1.54) is 4.90 Å². The highest BCUT2D eigenvalue weighted by atomic mass is 19.4. The maximum atomic E-state index is 13.9. The van der Waals surface area contributed by atoms with E-state index in [4.69, 9.17) is 9.47 Å². The van der Waals surface area contributed by atoms with Crippen LogP contribution in [0.1, 0.15) is 65.7 Å². The van der Waals surface area contributed by atoms with Gasteiger partial charge in [0.1, 0.15) is 6.04 Å². The largest absolute Gasteiger partial charge is 0.522 e. The van der Waals surface area contributed by atoms with E-state index in [1.54, 1.807) is 6.92 Å². The van der Waals surface area contributed by atoms with E-state index in [1.807, 2.05) is 4.90 Å². The maximum Gasteiger partial charge on any atom is 0.522 e. The molecule has 2 N–H and O–H groups in total. The Morgan fingerprint density at radius 2 is 1.70 bits per heavy atom. The van der Waals surface area contributed by atoms with Crippen LogP contribution in [0.4, 0.5) is 13.2 Å². The minimum atomic E-state index is -4.72. The zero-order valence-corrected chi connectivity index (χ0v) is 26.0. The number of alkyl halides is 3. The van der Waals surface area contributed by atoms with Crippen LogP contribution >= 0.6 is 0 Å². The first-order valence-corrected chi connectivity index (χ1v) is 16.3. The fourth-order valence-electron chi connectivity index (χ4n) is 8.10. The molecule has 248 valence electrons. The molecule has 0 unspecified atom stereocenters. The van der Waals surface area contributed by atoms with Gasteiger partial charge in [-0.3, -0.25) is 19.1 Å². The lowest BCUT2D eigenvalue weighted by Crippen LogP contribution is -2.65. The topological polar surface area (TPSA) is 109 Å². The van der Waals surface area contributed by atoms with Crippen LogP contribution in [-0.4, -0.2) is 111 Å². The van der Waals surface area contributed by atoms with Gasteiger partial charge >= 0.3 is 6.36 Å². The Balaban J connectivity index is 1.11. The van der Waals surface area contributed by atoms with Gasteiger partial charge in [0, 0.05) is 56.0 Å². The van der Waals surface area contributed by atoms with Crippen LogP contribution in [0.5, 0.6) is 0 Å². The molecule has 0 radical (unpaired) electrons. The van der Waals surface area contributed by atoms with E-state index in [0.29, 0.717) is 45.5 Å². The predicted molar refractivity (Wildman–Crippen MR) is 152 cm³/mol. The van der Waals surface area contributed by atoms with E-state index in [0.717, 1.165) is 32.1 Å². The molecule has 5 heterocycles. The number of carbonyl (C=O) groups excluding carboxylic acids is 3. The second-order valence-electron chi connectivity index (χ2n) is 15.1. The number of nitrogens with zero attached hydrogens (tertiary/aromatic N) is 2. The number of nitrogens with one attached hydrogen (secondary N) is 2. The summed E-state index contributed by atoms with van der Waals surface area (Å²) in [6.45, 7) is 9.25. The molecule has 7 fully saturated rings. The van der Waals surface area contributed by atoms with Crippen molar-refractivity contribution in [2.45, 2.75) is 96.4 Å². The number of likely N-dealkylation sites (tertiary alicyclic amines) is 2. The summed E-state index contributed by atoms with van der Waals surface area (Å²) in [5.41, 5.74) is -0.462. The van der Waals surface area contributed by atoms with Crippen LogP contribution in [0, 0.1) is 28.1 Å². The summed E-state index contributed by atoms with van der Waals surface area (Å²) in [6, 6.07) is -0.998. The van der Waals surface area contributed by atoms with Crippen LogP contribution < -0.4 is 10.6 Å². The molecule has 0 aromatic rings. The van der Waals surface area contributed by atoms with Crippen LogP contribution in [0.2, 0.25) is 0 Å². The molecule has 7 aliphatic rings. The van der Waals surface area contributed by atoms with Gasteiger partial charge in [-0.2, -0.15) is 0 Å². The number of halogens is 3. The van der Waals surface area contributed by atoms with Crippen molar-refractivity contribution in [3.8, 4) is 0 Å². The van der Waals surface area contributed by atoms with E-state index in [-0.39, 0.29) is 65.8 Å². The number of fused-ring (bicyclic) bond motifs is 3. The Kier molecular flexibility index (Phi) is 8.50. The van der Waals surface area contributed by atoms with Gasteiger partial charge in [-0.05, 0) is 57.3 Å². The second kappa shape index (κ2) is 11.7. The summed E-state index contributed by atoms with van der Waals surface area (Å²) in [7, 11) is 0. The Morgan fingerprint density at radius 1 is 1.05 bits per heavy atom. The maximum absolute atomic E-state index is 13.9. The third-order valence-corrected chi connectivity index (χ3v) is 11.4. The van der Waals surface area contributed by atoms with Crippen LogP contribution in [0.15, 0.2) is 0 Å². The third-order valence-electron chi connectivity index (χ3n) is 11.4. The van der Waals surface area contributed by atoms with Crippen molar-refractivity contribution in [3.05, 3.63) is 0 Å². The van der Waals surface area contributed by atoms with Crippen molar-refractivity contribution in [1.82, 2.24) is 20.4 Å². The molecule has 2 aliphatic carbocycles. The smallest absolute Gasteiger partial charge is 0.378 e. The van der Waals surface area contributed by atoms with Gasteiger partial charge in [-0.15, -0.1) is 13.2 Å². The monoisotopic (exact) mass is 628 g/mol. The number of amides is 3. The molecule has 5 saturated heterocycles. The number of hydrogen-bond acceptors (Lipinski definition) is 7. The van der Waals surface area contributed by atoms with Crippen molar-refractivity contribution in [1.29, 1.82) is 0 Å². The Hall–Kier alpha value is -1.96. The van der Waals surface area contributed by atoms with Gasteiger partial charge in [-0.1, -0.05) is 13.8 Å². The third kappa shape index (κ3) is 6.48. The fourth-order valence-corrected chi connectivity index (χ4v) is 8.10. The van der Waals surface area contributed by atoms with E-state index < -0.39 is 30.5 Å². The molecule has 44 heavy (non-hydrogen) atoms. The van der Waals surface area contributed by atoms with Gasteiger partial charge in [0.25, 0.3) is 0 Å². The summed E-state index contributed by atoms with van der Waals surface area (Å²) in [6.07, 6.45) is -1.13. The molecular formula is C31H47F3N4O6. The molecule has 2 bridgehead atoms. The Morgan fingerprint density at radius 3 is 2.27 bits per heavy atom. The fraction of sp³-hybridized carbons (Fsp3) is 0.903. The molecule has 4 atom stereocenters. The lowest BCUT2D eigenvalue weighted by atomic mass is 9.70. The number of ether oxygens (including phenoxy) is 3. The van der Waals surface area contributed by atoms with Crippen molar-refractivity contribution in [2.75, 3.05) is 52.5 Å². The average Bonchev–Trinajstić information content (AvgIpc) is 3.38. The van der Waals surface area contributed by atoms with Crippen molar-refractivity contribution in [3.63, 3.8) is 0 Å². The molecule has 5 aliphatic heterocycles. The van der Waals surface area contributed by atoms with Crippen molar-refractivity contribution < 1.29 is 41.8 Å². The van der Waals surface area contributed by atoms with E-state index in [2.05, 4.69) is 29.2 Å². The average molecular weight is 629 g/mol. The van der Waals surface area contributed by atoms with Crippen molar-refractivity contribution >= 4 is 17.7 Å². The summed E-state index contributed by atoms with van der Waals surface area (Å²) in [5.74, 6) is -0.861. The zero-order valence-electron chi connectivity index (χ0n) is 26.0. The first kappa shape index (κ1) is 32.0. The Bertz CT molecular complexity index is 1100. The van der Waals surface area contributed by atoms with E-state index >= 15 is 0 Å². The lowest BCUT2D eigenvalue weighted by Gasteiger charge is -2.51. The molecule has 3 amide bonds. The number of carbonyl (C=O) groups is 3. The second-order valence-corrected chi connectivity index (χ2v) is 15.1. The quantitative estimate of drug-likeness (QED) is 0.404. The van der Waals surface area contributed by atoms with Gasteiger partial charge in [0.2, 0.25) is 17.7 Å². The highest BCUT2D eigenvalue weighted by molar-refractivity contribution is 5.90. The van der Waals surface area contributed by atoms with Crippen LogP contribution in [0.25, 0.3) is 0 Å². The number of rotatable bonds is 9. The first-order valence-electron chi connectivity index (χ1n) is 16.3. The van der Waals surface area contributed by atoms with Gasteiger partial charge < -0.3 is 29.9 Å². The van der Waals surface area contributed by atoms with E-state index in [9.17, 15) is 27.6 Å². The number of hydrogen-bond donors (Lipinski definition) is 2. The normalized spacial score (nSPS) is 34.0. The zero-order chi connectivity index (χ0) is 31.5. The minimum absolute atomic E-state index is 0.0320. The molecule has 1 spiro atoms. The number of piperidine rings is 1. The molecule has 13 heteroatoms. The molecular weight excluding hydrogens is 581 g/mol. The summed E-state index contributed by atoms with van der Waals surface area (Å²) in [5, 5.41) is 6.33. The SMILES string of the molecule is C[C@@H](OCC12CCC(CC1)OC2)[C@H](NC(=O)[C@@H]1CNCC12CN(C(=O)[C@H]1CC1(C)C)C2)C(=O)N1CCC(OC(F)(F)F)CC1. The van der Waals surface area contributed by atoms with Crippen LogP contribution in [-0.2, 0) is 28.6 Å². The van der Waals surface area contributed by atoms with Crippen LogP contribution in [0.3, 0.4) is 0 Å². The molecule has 2 saturated carbocycles. The summed E-state index contributed by atoms with van der Waals surface area (Å²) < 4.78 is 54.8. The highest BCUT2D eigenvalue weighted by Crippen LogP contribution is 2.54. The van der Waals surface area contributed by atoms with Gasteiger partial charge in [0.05, 0.1) is 37.4 Å². The predicted octanol–water partition coefficient (Wildman–Crippen LogP) is 2.46. The molecule has 0 aromatic carbocycles. The van der Waals surface area contributed by atoms with Gasteiger partial charge in [-0.25, -0.2) is 0 Å². The molecule has 7 rings (SSSR count). The summed E-state index contributed by atoms with van der Waals surface area (Å²) >= 11 is 0.